The molecule has 98 valence electrons. The number of fused-ring (bicyclic) bond motifs is 1. The van der Waals surface area contributed by atoms with Gasteiger partial charge in [-0.25, -0.2) is 0 Å². The molecule has 0 saturated carbocycles. The molecule has 0 spiro atoms. The van der Waals surface area contributed by atoms with Gasteiger partial charge < -0.3 is 9.22 Å². The lowest BCUT2D eigenvalue weighted by molar-refractivity contribution is -0.872. The zero-order valence-corrected chi connectivity index (χ0v) is 11.7. The van der Waals surface area contributed by atoms with Gasteiger partial charge in [-0.3, -0.25) is 4.79 Å². The molecule has 2 rings (SSSR count). The van der Waals surface area contributed by atoms with E-state index < -0.39 is 0 Å². The third kappa shape index (κ3) is 2.72. The first-order valence-electron chi connectivity index (χ1n) is 6.42. The fourth-order valence-corrected chi connectivity index (χ4v) is 2.66. The highest BCUT2D eigenvalue weighted by Gasteiger charge is 2.31. The van der Waals surface area contributed by atoms with Crippen LogP contribution >= 0.6 is 0 Å². The highest BCUT2D eigenvalue weighted by Crippen LogP contribution is 2.29. The van der Waals surface area contributed by atoms with Gasteiger partial charge in [-0.15, -0.1) is 0 Å². The van der Waals surface area contributed by atoms with Crippen molar-refractivity contribution in [3.63, 3.8) is 0 Å². The quantitative estimate of drug-likeness (QED) is 0.766. The van der Waals surface area contributed by atoms with Crippen molar-refractivity contribution in [1.82, 2.24) is 0 Å². The van der Waals surface area contributed by atoms with Crippen molar-refractivity contribution in [3.05, 3.63) is 29.3 Å². The van der Waals surface area contributed by atoms with E-state index in [-0.39, 0.29) is 5.92 Å². The number of rotatable bonds is 3. The van der Waals surface area contributed by atoms with Gasteiger partial charge in [0.25, 0.3) is 0 Å². The van der Waals surface area contributed by atoms with Crippen LogP contribution in [0.15, 0.2) is 18.2 Å². The maximum atomic E-state index is 12.4. The first-order valence-corrected chi connectivity index (χ1v) is 6.42. The van der Waals surface area contributed by atoms with E-state index >= 15 is 0 Å². The Morgan fingerprint density at radius 3 is 2.67 bits per heavy atom. The van der Waals surface area contributed by atoms with Crippen molar-refractivity contribution >= 4 is 5.78 Å². The molecule has 0 saturated heterocycles. The number of carbonyl (C=O) groups is 1. The SMILES string of the molecule is COc1ccc2c(c1)CC[C@H](C[N+](C)(C)C)C2=O. The molecule has 0 unspecified atom stereocenters. The fraction of sp³-hybridized carbons (Fsp3) is 0.533. The molecule has 3 nitrogen and oxygen atoms in total. The number of hydrogen-bond acceptors (Lipinski definition) is 2. The monoisotopic (exact) mass is 248 g/mol. The Bertz CT molecular complexity index is 460. The van der Waals surface area contributed by atoms with Crippen molar-refractivity contribution in [2.45, 2.75) is 12.8 Å². The zero-order valence-electron chi connectivity index (χ0n) is 11.7. The molecule has 1 aliphatic carbocycles. The van der Waals surface area contributed by atoms with E-state index in [2.05, 4.69) is 21.1 Å². The summed E-state index contributed by atoms with van der Waals surface area (Å²) < 4.78 is 6.04. The Kier molecular flexibility index (Phi) is 3.44. The summed E-state index contributed by atoms with van der Waals surface area (Å²) in [5.41, 5.74) is 2.03. The Hall–Kier alpha value is -1.35. The van der Waals surface area contributed by atoms with Crippen LogP contribution in [-0.2, 0) is 6.42 Å². The van der Waals surface area contributed by atoms with Crippen LogP contribution in [0, 0.1) is 5.92 Å². The molecular formula is C15H22NO2+. The summed E-state index contributed by atoms with van der Waals surface area (Å²) in [6, 6.07) is 5.79. The van der Waals surface area contributed by atoms with E-state index in [0.29, 0.717) is 5.78 Å². The highest BCUT2D eigenvalue weighted by atomic mass is 16.5. The molecule has 0 bridgehead atoms. The molecule has 1 aliphatic rings. The number of carbonyl (C=O) groups excluding carboxylic acids is 1. The minimum absolute atomic E-state index is 0.158. The van der Waals surface area contributed by atoms with Crippen molar-refractivity contribution in [3.8, 4) is 5.75 Å². The van der Waals surface area contributed by atoms with E-state index in [4.69, 9.17) is 4.74 Å². The number of aryl methyl sites for hydroxylation is 1. The number of methoxy groups -OCH3 is 1. The normalized spacial score (nSPS) is 19.6. The van der Waals surface area contributed by atoms with Gasteiger partial charge in [-0.1, -0.05) is 0 Å². The molecule has 18 heavy (non-hydrogen) atoms. The first-order chi connectivity index (χ1) is 8.40. The van der Waals surface area contributed by atoms with Crippen LogP contribution in [0.3, 0.4) is 0 Å². The van der Waals surface area contributed by atoms with Crippen LogP contribution in [0.1, 0.15) is 22.3 Å². The predicted molar refractivity (Wildman–Crippen MR) is 72.0 cm³/mol. The fourth-order valence-electron chi connectivity index (χ4n) is 2.66. The topological polar surface area (TPSA) is 26.3 Å². The summed E-state index contributed by atoms with van der Waals surface area (Å²) in [7, 11) is 8.07. The van der Waals surface area contributed by atoms with Crippen LogP contribution < -0.4 is 4.74 Å². The number of Topliss-reactive ketones (excluding diaryl/α,β-unsaturated/α-hetero) is 1. The Labute approximate surface area is 109 Å². The number of quaternary nitrogens is 1. The number of ether oxygens (including phenoxy) is 1. The molecule has 0 N–H and O–H groups in total. The third-order valence-electron chi connectivity index (χ3n) is 3.48. The molecule has 0 heterocycles. The lowest BCUT2D eigenvalue weighted by Gasteiger charge is -2.31. The lowest BCUT2D eigenvalue weighted by Crippen LogP contribution is -2.42. The molecule has 0 fully saturated rings. The van der Waals surface area contributed by atoms with E-state index in [1.807, 2.05) is 18.2 Å². The maximum absolute atomic E-state index is 12.4. The minimum Gasteiger partial charge on any atom is -0.497 e. The molecule has 0 amide bonds. The van der Waals surface area contributed by atoms with Crippen LogP contribution in [-0.4, -0.2) is 45.1 Å². The van der Waals surface area contributed by atoms with Gasteiger partial charge >= 0.3 is 0 Å². The molecule has 3 heteroatoms. The predicted octanol–water partition coefficient (Wildman–Crippen LogP) is 2.15. The van der Waals surface area contributed by atoms with E-state index in [0.717, 1.165) is 40.7 Å². The van der Waals surface area contributed by atoms with Crippen molar-refractivity contribution in [2.24, 2.45) is 5.92 Å². The Morgan fingerprint density at radius 1 is 1.33 bits per heavy atom. The average Bonchev–Trinajstić information content (AvgIpc) is 2.31. The minimum atomic E-state index is 0.158. The van der Waals surface area contributed by atoms with Crippen LogP contribution in [0.2, 0.25) is 0 Å². The van der Waals surface area contributed by atoms with Gasteiger partial charge in [0.1, 0.15) is 5.75 Å². The van der Waals surface area contributed by atoms with Gasteiger partial charge in [0, 0.05) is 5.56 Å². The summed E-state index contributed by atoms with van der Waals surface area (Å²) in [5, 5.41) is 0. The number of nitrogens with zero attached hydrogens (tertiary/aromatic N) is 1. The summed E-state index contributed by atoms with van der Waals surface area (Å²) in [4.78, 5) is 12.4. The largest absolute Gasteiger partial charge is 0.497 e. The van der Waals surface area contributed by atoms with Crippen molar-refractivity contribution in [2.75, 3.05) is 34.8 Å². The first kappa shape index (κ1) is 13.1. The summed E-state index contributed by atoms with van der Waals surface area (Å²) in [6.07, 6.45) is 1.93. The third-order valence-corrected chi connectivity index (χ3v) is 3.48. The molecule has 1 atom stereocenters. The Morgan fingerprint density at radius 2 is 2.06 bits per heavy atom. The Balaban J connectivity index is 2.23. The van der Waals surface area contributed by atoms with Crippen molar-refractivity contribution in [1.29, 1.82) is 0 Å². The number of ketones is 1. The standard InChI is InChI=1S/C15H22NO2/c1-16(2,3)10-12-6-5-11-9-13(18-4)7-8-14(11)15(12)17/h7-9,12H,5-6,10H2,1-4H3/q+1/t12-/m1/s1. The molecule has 1 aromatic rings. The molecule has 1 aromatic carbocycles. The summed E-state index contributed by atoms with van der Waals surface area (Å²) in [5.74, 6) is 1.30. The average molecular weight is 248 g/mol. The summed E-state index contributed by atoms with van der Waals surface area (Å²) >= 11 is 0. The smallest absolute Gasteiger partial charge is 0.171 e. The van der Waals surface area contributed by atoms with E-state index in [9.17, 15) is 4.79 Å². The molecule has 0 radical (unpaired) electrons. The molecule has 0 aliphatic heterocycles. The number of hydrogen-bond donors (Lipinski definition) is 0. The van der Waals surface area contributed by atoms with Gasteiger partial charge in [0.2, 0.25) is 0 Å². The van der Waals surface area contributed by atoms with Gasteiger partial charge in [-0.05, 0) is 36.6 Å². The second kappa shape index (κ2) is 4.73. The second-order valence-corrected chi connectivity index (χ2v) is 6.10. The van der Waals surface area contributed by atoms with Crippen LogP contribution in [0.5, 0.6) is 5.75 Å². The van der Waals surface area contributed by atoms with Crippen molar-refractivity contribution < 1.29 is 14.0 Å². The van der Waals surface area contributed by atoms with Crippen LogP contribution in [0.4, 0.5) is 0 Å². The molecule has 0 aromatic heterocycles. The van der Waals surface area contributed by atoms with Gasteiger partial charge in [-0.2, -0.15) is 0 Å². The number of benzene rings is 1. The maximum Gasteiger partial charge on any atom is 0.171 e. The second-order valence-electron chi connectivity index (χ2n) is 6.10. The highest BCUT2D eigenvalue weighted by molar-refractivity contribution is 6.00. The van der Waals surface area contributed by atoms with E-state index in [1.54, 1.807) is 7.11 Å². The van der Waals surface area contributed by atoms with Crippen LogP contribution in [0.25, 0.3) is 0 Å². The van der Waals surface area contributed by atoms with Gasteiger partial charge in [0.05, 0.1) is 40.7 Å². The zero-order chi connectivity index (χ0) is 13.3. The lowest BCUT2D eigenvalue weighted by atomic mass is 9.82. The van der Waals surface area contributed by atoms with Gasteiger partial charge in [0.15, 0.2) is 5.78 Å². The van der Waals surface area contributed by atoms with E-state index in [1.165, 1.54) is 0 Å². The summed E-state index contributed by atoms with van der Waals surface area (Å²) in [6.45, 7) is 0.907. The molecular weight excluding hydrogens is 226 g/mol.